The molecule has 0 saturated heterocycles. The van der Waals surface area contributed by atoms with Gasteiger partial charge in [-0.2, -0.15) is 0 Å². The first-order chi connectivity index (χ1) is 13.4. The Morgan fingerprint density at radius 1 is 1.18 bits per heavy atom. The number of thioether (sulfide) groups is 1. The van der Waals surface area contributed by atoms with E-state index in [2.05, 4.69) is 5.32 Å². The van der Waals surface area contributed by atoms with Crippen LogP contribution in [-0.4, -0.2) is 19.3 Å². The predicted molar refractivity (Wildman–Crippen MR) is 117 cm³/mol. The number of hydrogen-bond donors (Lipinski definition) is 1. The van der Waals surface area contributed by atoms with Crippen molar-refractivity contribution >= 4 is 39.9 Å². The molecule has 0 aliphatic carbocycles. The molecule has 2 aromatic carbocycles. The highest BCUT2D eigenvalue weighted by Crippen LogP contribution is 2.38. The monoisotopic (exact) mass is 395 g/mol. The van der Waals surface area contributed by atoms with E-state index in [1.807, 2.05) is 64.3 Å². The number of carbonyl (C=O) groups is 1. The summed E-state index contributed by atoms with van der Waals surface area (Å²) in [7, 11) is 1.64. The largest absolute Gasteiger partial charge is 0.496 e. The number of anilines is 1. The van der Waals surface area contributed by atoms with Gasteiger partial charge in [-0.1, -0.05) is 12.1 Å². The van der Waals surface area contributed by atoms with Crippen LogP contribution in [0.25, 0.3) is 16.5 Å². The van der Waals surface area contributed by atoms with E-state index >= 15 is 0 Å². The number of amides is 1. The maximum absolute atomic E-state index is 12.6. The van der Waals surface area contributed by atoms with Crippen LogP contribution in [0.2, 0.25) is 0 Å². The third kappa shape index (κ3) is 3.67. The third-order valence-corrected chi connectivity index (χ3v) is 5.78. The molecular formula is C23H25NO3S. The van der Waals surface area contributed by atoms with Crippen LogP contribution in [0.5, 0.6) is 5.75 Å². The second-order valence-electron chi connectivity index (χ2n) is 6.76. The van der Waals surface area contributed by atoms with E-state index < -0.39 is 0 Å². The van der Waals surface area contributed by atoms with Gasteiger partial charge in [0, 0.05) is 27.5 Å². The van der Waals surface area contributed by atoms with E-state index in [1.54, 1.807) is 24.9 Å². The van der Waals surface area contributed by atoms with E-state index in [0.717, 1.165) is 55.3 Å². The molecule has 0 unspecified atom stereocenters. The van der Waals surface area contributed by atoms with Crippen LogP contribution >= 0.6 is 11.8 Å². The van der Waals surface area contributed by atoms with Gasteiger partial charge in [-0.15, -0.1) is 11.8 Å². The van der Waals surface area contributed by atoms with E-state index in [0.29, 0.717) is 0 Å². The second-order valence-corrected chi connectivity index (χ2v) is 7.61. The van der Waals surface area contributed by atoms with Crippen molar-refractivity contribution in [3.05, 3.63) is 58.9 Å². The zero-order valence-corrected chi connectivity index (χ0v) is 17.9. The molecule has 0 aliphatic rings. The number of aryl methyl sites for hydroxylation is 3. The molecule has 1 aromatic heterocycles. The number of furan rings is 1. The summed E-state index contributed by atoms with van der Waals surface area (Å²) >= 11 is 1.60. The first-order valence-electron chi connectivity index (χ1n) is 9.07. The number of fused-ring (bicyclic) bond motifs is 1. The highest BCUT2D eigenvalue weighted by molar-refractivity contribution is 7.98. The van der Waals surface area contributed by atoms with Crippen LogP contribution in [0, 0.1) is 20.8 Å². The van der Waals surface area contributed by atoms with Gasteiger partial charge >= 0.3 is 0 Å². The summed E-state index contributed by atoms with van der Waals surface area (Å²) < 4.78 is 11.6. The van der Waals surface area contributed by atoms with Gasteiger partial charge in [0.2, 0.25) is 5.91 Å². The van der Waals surface area contributed by atoms with Gasteiger partial charge < -0.3 is 14.5 Å². The summed E-state index contributed by atoms with van der Waals surface area (Å²) in [6.45, 7) is 7.91. The quantitative estimate of drug-likeness (QED) is 0.417. The van der Waals surface area contributed by atoms with Crippen molar-refractivity contribution in [3.63, 3.8) is 0 Å². The molecule has 28 heavy (non-hydrogen) atoms. The number of benzene rings is 2. The van der Waals surface area contributed by atoms with Crippen LogP contribution in [0.1, 0.15) is 29.4 Å². The summed E-state index contributed by atoms with van der Waals surface area (Å²) in [4.78, 5) is 13.7. The molecule has 0 saturated carbocycles. The molecule has 1 N–H and O–H groups in total. The van der Waals surface area contributed by atoms with Crippen LogP contribution < -0.4 is 10.1 Å². The first kappa shape index (κ1) is 20.1. The van der Waals surface area contributed by atoms with Gasteiger partial charge in [-0.05, 0) is 63.3 Å². The zero-order chi connectivity index (χ0) is 20.4. The molecule has 0 fully saturated rings. The SMILES string of the molecule is COc1c(/C(C)=C/C(=O)Nc2ccccc2SC)cc2c(C)c(C)oc2c1C. The van der Waals surface area contributed by atoms with Crippen molar-refractivity contribution in [1.82, 2.24) is 0 Å². The summed E-state index contributed by atoms with van der Waals surface area (Å²) in [5.41, 5.74) is 5.41. The van der Waals surface area contributed by atoms with Gasteiger partial charge in [-0.25, -0.2) is 0 Å². The Hall–Kier alpha value is -2.66. The minimum atomic E-state index is -0.168. The maximum atomic E-state index is 12.6. The number of nitrogens with one attached hydrogen (secondary N) is 1. The summed E-state index contributed by atoms with van der Waals surface area (Å²) in [6.07, 6.45) is 3.60. The Labute approximate surface area is 170 Å². The van der Waals surface area contributed by atoms with Gasteiger partial charge in [0.25, 0.3) is 0 Å². The van der Waals surface area contributed by atoms with E-state index in [4.69, 9.17) is 9.15 Å². The minimum Gasteiger partial charge on any atom is -0.496 e. The van der Waals surface area contributed by atoms with Crippen molar-refractivity contribution in [2.45, 2.75) is 32.6 Å². The molecule has 4 nitrogen and oxygen atoms in total. The topological polar surface area (TPSA) is 51.5 Å². The van der Waals surface area contributed by atoms with Crippen molar-refractivity contribution in [3.8, 4) is 5.75 Å². The molecule has 5 heteroatoms. The molecule has 0 bridgehead atoms. The van der Waals surface area contributed by atoms with Crippen molar-refractivity contribution < 1.29 is 13.9 Å². The molecule has 0 radical (unpaired) electrons. The molecule has 1 heterocycles. The Bertz CT molecular complexity index is 1080. The number of ether oxygens (including phenoxy) is 1. The van der Waals surface area contributed by atoms with Gasteiger partial charge in [0.05, 0.1) is 12.8 Å². The standard InChI is InChI=1S/C23H25NO3S/c1-13(11-21(25)24-19-9-7-8-10-20(19)28-6)17-12-18-14(2)16(4)27-23(18)15(3)22(17)26-5/h7-12H,1-6H3,(H,24,25)/b13-11+. The lowest BCUT2D eigenvalue weighted by Crippen LogP contribution is -2.09. The Morgan fingerprint density at radius 2 is 1.89 bits per heavy atom. The van der Waals surface area contributed by atoms with E-state index in [9.17, 15) is 4.79 Å². The average Bonchev–Trinajstić information content (AvgIpc) is 2.96. The molecule has 146 valence electrons. The lowest BCUT2D eigenvalue weighted by atomic mass is 9.98. The van der Waals surface area contributed by atoms with Gasteiger partial charge in [-0.3, -0.25) is 4.79 Å². The lowest BCUT2D eigenvalue weighted by Gasteiger charge is -2.13. The first-order valence-corrected chi connectivity index (χ1v) is 10.3. The molecule has 0 spiro atoms. The molecule has 3 aromatic rings. The maximum Gasteiger partial charge on any atom is 0.248 e. The summed E-state index contributed by atoms with van der Waals surface area (Å²) in [5, 5.41) is 4.02. The lowest BCUT2D eigenvalue weighted by molar-refractivity contribution is -0.111. The highest BCUT2D eigenvalue weighted by Gasteiger charge is 2.18. The second kappa shape index (κ2) is 8.15. The highest BCUT2D eigenvalue weighted by atomic mass is 32.2. The average molecular weight is 396 g/mol. The van der Waals surface area contributed by atoms with Gasteiger partial charge in [0.1, 0.15) is 17.1 Å². The zero-order valence-electron chi connectivity index (χ0n) is 17.1. The smallest absolute Gasteiger partial charge is 0.248 e. The number of allylic oxidation sites excluding steroid dienone is 1. The third-order valence-electron chi connectivity index (χ3n) is 4.99. The number of methoxy groups -OCH3 is 1. The summed E-state index contributed by atoms with van der Waals surface area (Å²) in [6, 6.07) is 9.81. The molecule has 3 rings (SSSR count). The van der Waals surface area contributed by atoms with Crippen LogP contribution in [0.4, 0.5) is 5.69 Å². The van der Waals surface area contributed by atoms with Crippen molar-refractivity contribution in [2.24, 2.45) is 0 Å². The predicted octanol–water partition coefficient (Wildman–Crippen LogP) is 6.13. The minimum absolute atomic E-state index is 0.168. The fraction of sp³-hybridized carbons (Fsp3) is 0.261. The molecule has 0 atom stereocenters. The van der Waals surface area contributed by atoms with E-state index in [-0.39, 0.29) is 5.91 Å². The van der Waals surface area contributed by atoms with Crippen LogP contribution in [0.3, 0.4) is 0 Å². The normalized spacial score (nSPS) is 11.7. The van der Waals surface area contributed by atoms with Crippen LogP contribution in [0.15, 0.2) is 45.7 Å². The van der Waals surface area contributed by atoms with Crippen molar-refractivity contribution in [2.75, 3.05) is 18.7 Å². The number of rotatable bonds is 5. The number of carbonyl (C=O) groups excluding carboxylic acids is 1. The Balaban J connectivity index is 2.01. The Kier molecular flexibility index (Phi) is 5.84. The van der Waals surface area contributed by atoms with Crippen LogP contribution in [-0.2, 0) is 4.79 Å². The molecule has 1 amide bonds. The van der Waals surface area contributed by atoms with E-state index in [1.165, 1.54) is 0 Å². The molecular weight excluding hydrogens is 370 g/mol. The Morgan fingerprint density at radius 3 is 2.57 bits per heavy atom. The molecule has 0 aliphatic heterocycles. The number of hydrogen-bond acceptors (Lipinski definition) is 4. The summed E-state index contributed by atoms with van der Waals surface area (Å²) in [5.74, 6) is 1.46. The fourth-order valence-corrected chi connectivity index (χ4v) is 3.91. The van der Waals surface area contributed by atoms with Gasteiger partial charge in [0.15, 0.2) is 0 Å². The fourth-order valence-electron chi connectivity index (χ4n) is 3.36. The number of para-hydroxylation sites is 1. The van der Waals surface area contributed by atoms with Crippen molar-refractivity contribution in [1.29, 1.82) is 0 Å².